The molecule has 1 heterocycles. The predicted molar refractivity (Wildman–Crippen MR) is 120 cm³/mol. The maximum absolute atomic E-state index is 14.4. The quantitative estimate of drug-likeness (QED) is 0.431. The van der Waals surface area contributed by atoms with Gasteiger partial charge in [0.25, 0.3) is 11.7 Å². The van der Waals surface area contributed by atoms with Gasteiger partial charge >= 0.3 is 0 Å². The molecule has 0 aliphatic rings. The number of nitrogens with one attached hydrogen (secondary N) is 2. The van der Waals surface area contributed by atoms with Crippen LogP contribution in [0.4, 0.5) is 15.2 Å². The molecule has 6 nitrogen and oxygen atoms in total. The van der Waals surface area contributed by atoms with Gasteiger partial charge in [-0.1, -0.05) is 45.0 Å². The summed E-state index contributed by atoms with van der Waals surface area (Å²) >= 11 is 1.08. The lowest BCUT2D eigenvalue weighted by Gasteiger charge is -2.18. The SMILES string of the molecule is CC(=O)Nc1ccc(-c2csc(NC(=O)C(=O)c3ccc(C(C)(C)C)cc3)n2)c(F)c1. The van der Waals surface area contributed by atoms with Gasteiger partial charge in [0, 0.05) is 29.1 Å². The van der Waals surface area contributed by atoms with Crippen LogP contribution in [-0.4, -0.2) is 22.6 Å². The zero-order valence-corrected chi connectivity index (χ0v) is 18.4. The second-order valence-corrected chi connectivity index (χ2v) is 8.88. The number of rotatable bonds is 5. The van der Waals surface area contributed by atoms with Crippen molar-refractivity contribution in [3.63, 3.8) is 0 Å². The molecule has 31 heavy (non-hydrogen) atoms. The summed E-state index contributed by atoms with van der Waals surface area (Å²) in [5, 5.41) is 6.74. The fraction of sp³-hybridized carbons (Fsp3) is 0.217. The number of nitrogens with zero attached hydrogens (tertiary/aromatic N) is 1. The number of anilines is 2. The highest BCUT2D eigenvalue weighted by Crippen LogP contribution is 2.29. The molecule has 0 radical (unpaired) electrons. The van der Waals surface area contributed by atoms with E-state index in [0.717, 1.165) is 16.9 Å². The van der Waals surface area contributed by atoms with E-state index in [1.165, 1.54) is 19.1 Å². The Kier molecular flexibility index (Phi) is 6.31. The van der Waals surface area contributed by atoms with Gasteiger partial charge in [0.05, 0.1) is 5.69 Å². The minimum atomic E-state index is -0.814. The molecule has 160 valence electrons. The van der Waals surface area contributed by atoms with Gasteiger partial charge in [-0.05, 0) is 29.2 Å². The third-order valence-electron chi connectivity index (χ3n) is 4.51. The molecule has 0 atom stereocenters. The van der Waals surface area contributed by atoms with Crippen LogP contribution >= 0.6 is 11.3 Å². The van der Waals surface area contributed by atoms with Crippen molar-refractivity contribution in [2.75, 3.05) is 10.6 Å². The van der Waals surface area contributed by atoms with Gasteiger partial charge in [-0.2, -0.15) is 0 Å². The first kappa shape index (κ1) is 22.3. The Bertz CT molecular complexity index is 1150. The van der Waals surface area contributed by atoms with Gasteiger partial charge in [0.15, 0.2) is 5.13 Å². The maximum atomic E-state index is 14.4. The molecule has 2 amide bonds. The molecule has 0 aliphatic carbocycles. The van der Waals surface area contributed by atoms with Crippen molar-refractivity contribution >= 4 is 39.8 Å². The van der Waals surface area contributed by atoms with Gasteiger partial charge in [-0.25, -0.2) is 9.37 Å². The lowest BCUT2D eigenvalue weighted by molar-refractivity contribution is -0.114. The van der Waals surface area contributed by atoms with Crippen molar-refractivity contribution in [3.8, 4) is 11.3 Å². The number of hydrogen-bond donors (Lipinski definition) is 2. The van der Waals surface area contributed by atoms with Crippen LogP contribution in [0.5, 0.6) is 0 Å². The number of benzene rings is 2. The average molecular weight is 440 g/mol. The molecular formula is C23H22FN3O3S. The molecule has 0 saturated heterocycles. The first-order valence-corrected chi connectivity index (χ1v) is 10.4. The minimum absolute atomic E-state index is 0.0588. The maximum Gasteiger partial charge on any atom is 0.298 e. The van der Waals surface area contributed by atoms with E-state index in [-0.39, 0.29) is 27.6 Å². The Morgan fingerprint density at radius 1 is 1.00 bits per heavy atom. The number of ketones is 1. The highest BCUT2D eigenvalue weighted by atomic mass is 32.1. The van der Waals surface area contributed by atoms with Crippen LogP contribution in [0.25, 0.3) is 11.3 Å². The van der Waals surface area contributed by atoms with Crippen LogP contribution in [0, 0.1) is 5.82 Å². The Morgan fingerprint density at radius 2 is 1.68 bits per heavy atom. The molecule has 0 unspecified atom stereocenters. The van der Waals surface area contributed by atoms with Gasteiger partial charge < -0.3 is 5.32 Å². The third-order valence-corrected chi connectivity index (χ3v) is 5.27. The zero-order chi connectivity index (χ0) is 22.8. The van der Waals surface area contributed by atoms with E-state index in [4.69, 9.17) is 0 Å². The second-order valence-electron chi connectivity index (χ2n) is 8.02. The van der Waals surface area contributed by atoms with Gasteiger partial charge in [0.2, 0.25) is 5.91 Å². The molecule has 0 fully saturated rings. The second kappa shape index (κ2) is 8.77. The highest BCUT2D eigenvalue weighted by Gasteiger charge is 2.20. The van der Waals surface area contributed by atoms with E-state index in [2.05, 4.69) is 36.4 Å². The van der Waals surface area contributed by atoms with Crippen LogP contribution in [-0.2, 0) is 15.0 Å². The Balaban J connectivity index is 1.71. The number of carbonyl (C=O) groups excluding carboxylic acids is 3. The first-order chi connectivity index (χ1) is 14.5. The van der Waals surface area contributed by atoms with Gasteiger partial charge in [-0.3, -0.25) is 19.7 Å². The zero-order valence-electron chi connectivity index (χ0n) is 17.6. The van der Waals surface area contributed by atoms with E-state index in [1.54, 1.807) is 23.6 Å². The van der Waals surface area contributed by atoms with Crippen molar-refractivity contribution in [3.05, 3.63) is 64.8 Å². The molecule has 0 bridgehead atoms. The van der Waals surface area contributed by atoms with Gasteiger partial charge in [0.1, 0.15) is 5.82 Å². The number of hydrogen-bond acceptors (Lipinski definition) is 5. The van der Waals surface area contributed by atoms with E-state index in [9.17, 15) is 18.8 Å². The number of amides is 2. The molecular weight excluding hydrogens is 417 g/mol. The molecule has 2 aromatic carbocycles. The topological polar surface area (TPSA) is 88.2 Å². The lowest BCUT2D eigenvalue weighted by Crippen LogP contribution is -2.23. The fourth-order valence-electron chi connectivity index (χ4n) is 2.87. The Morgan fingerprint density at radius 3 is 2.26 bits per heavy atom. The summed E-state index contributed by atoms with van der Waals surface area (Å²) in [6.07, 6.45) is 0. The van der Waals surface area contributed by atoms with Crippen LogP contribution in [0.2, 0.25) is 0 Å². The number of halogens is 1. The van der Waals surface area contributed by atoms with Crippen molar-refractivity contribution in [1.29, 1.82) is 0 Å². The summed E-state index contributed by atoms with van der Waals surface area (Å²) in [5.74, 6) is -2.36. The summed E-state index contributed by atoms with van der Waals surface area (Å²) in [5.41, 5.74) is 2.14. The van der Waals surface area contributed by atoms with Crippen molar-refractivity contribution in [2.45, 2.75) is 33.1 Å². The van der Waals surface area contributed by atoms with Crippen molar-refractivity contribution in [2.24, 2.45) is 0 Å². The van der Waals surface area contributed by atoms with E-state index >= 15 is 0 Å². The number of thiazole rings is 1. The van der Waals surface area contributed by atoms with E-state index in [1.807, 2.05) is 12.1 Å². The molecule has 0 spiro atoms. The third kappa shape index (κ3) is 5.40. The summed E-state index contributed by atoms with van der Waals surface area (Å²) < 4.78 is 14.4. The predicted octanol–water partition coefficient (Wildman–Crippen LogP) is 5.03. The van der Waals surface area contributed by atoms with Crippen LogP contribution in [0.1, 0.15) is 43.6 Å². The van der Waals surface area contributed by atoms with Crippen LogP contribution in [0.3, 0.4) is 0 Å². The smallest absolute Gasteiger partial charge is 0.298 e. The molecule has 3 aromatic rings. The van der Waals surface area contributed by atoms with Crippen molar-refractivity contribution in [1.82, 2.24) is 4.98 Å². The summed E-state index contributed by atoms with van der Waals surface area (Å²) in [7, 11) is 0. The van der Waals surface area contributed by atoms with Crippen LogP contribution < -0.4 is 10.6 Å². The molecule has 2 N–H and O–H groups in total. The largest absolute Gasteiger partial charge is 0.326 e. The standard InChI is InChI=1S/C23H22FN3O3S/c1-13(28)25-16-9-10-17(18(24)11-16)19-12-31-22(26-19)27-21(30)20(29)14-5-7-15(8-6-14)23(2,3)4/h5-12H,1-4H3,(H,25,28)(H,26,27,30). The van der Waals surface area contributed by atoms with E-state index < -0.39 is 17.5 Å². The minimum Gasteiger partial charge on any atom is -0.326 e. The summed E-state index contributed by atoms with van der Waals surface area (Å²) in [4.78, 5) is 40.1. The lowest BCUT2D eigenvalue weighted by atomic mass is 9.86. The Labute approximate surface area is 183 Å². The normalized spacial score (nSPS) is 11.1. The monoisotopic (exact) mass is 439 g/mol. The highest BCUT2D eigenvalue weighted by molar-refractivity contribution is 7.14. The number of Topliss-reactive ketones (excluding diaryl/α,β-unsaturated/α-hetero) is 1. The summed E-state index contributed by atoms with van der Waals surface area (Å²) in [6, 6.07) is 11.2. The fourth-order valence-corrected chi connectivity index (χ4v) is 3.57. The molecule has 3 rings (SSSR count). The number of aromatic nitrogens is 1. The van der Waals surface area contributed by atoms with E-state index in [0.29, 0.717) is 11.4 Å². The molecule has 0 saturated carbocycles. The first-order valence-electron chi connectivity index (χ1n) is 9.54. The molecule has 8 heteroatoms. The number of carbonyl (C=O) groups is 3. The molecule has 1 aromatic heterocycles. The Hall–Kier alpha value is -3.39. The summed E-state index contributed by atoms with van der Waals surface area (Å²) in [6.45, 7) is 7.52. The average Bonchev–Trinajstić information content (AvgIpc) is 3.14. The van der Waals surface area contributed by atoms with Crippen molar-refractivity contribution < 1.29 is 18.8 Å². The molecule has 0 aliphatic heterocycles. The van der Waals surface area contributed by atoms with Gasteiger partial charge in [-0.15, -0.1) is 11.3 Å². The van der Waals surface area contributed by atoms with Crippen LogP contribution in [0.15, 0.2) is 47.8 Å².